The molecule has 1 rings (SSSR count). The molecule has 0 radical (unpaired) electrons. The van der Waals surface area contributed by atoms with Gasteiger partial charge in [0.15, 0.2) is 0 Å². The number of hydrogen-bond acceptors (Lipinski definition) is 0. The van der Waals surface area contributed by atoms with Crippen molar-refractivity contribution in [3.63, 3.8) is 0 Å². The first-order valence-electron chi connectivity index (χ1n) is 4.70. The number of halogens is 3. The number of unbranched alkanes of at least 4 members (excludes halogenated alkanes) is 1. The molecule has 0 heterocycles. The Labute approximate surface area is 87.1 Å². The molecule has 0 unspecified atom stereocenters. The molecule has 0 aliphatic heterocycles. The molecule has 0 nitrogen and oxygen atoms in total. The molecule has 0 aromatic heterocycles. The molecular weight excluding hydrogens is 201 g/mol. The van der Waals surface area contributed by atoms with E-state index in [0.717, 1.165) is 12.5 Å². The van der Waals surface area contributed by atoms with E-state index in [-0.39, 0.29) is 5.56 Å². The number of alkyl halides is 3. The van der Waals surface area contributed by atoms with E-state index in [2.05, 4.69) is 11.8 Å². The van der Waals surface area contributed by atoms with E-state index in [1.807, 2.05) is 6.92 Å². The predicted octanol–water partition coefficient (Wildman–Crippen LogP) is 3.86. The fraction of sp³-hybridized carbons (Fsp3) is 0.333. The summed E-state index contributed by atoms with van der Waals surface area (Å²) in [5.41, 5.74) is -0.605. The van der Waals surface area contributed by atoms with Gasteiger partial charge in [-0.2, -0.15) is 13.2 Å². The summed E-state index contributed by atoms with van der Waals surface area (Å²) < 4.78 is 37.5. The van der Waals surface area contributed by atoms with Crippen LogP contribution in [-0.2, 0) is 6.18 Å². The Morgan fingerprint density at radius 2 is 1.87 bits per heavy atom. The summed E-state index contributed by atoms with van der Waals surface area (Å²) in [5.74, 6) is 5.26. The average molecular weight is 212 g/mol. The van der Waals surface area contributed by atoms with E-state index in [0.29, 0.717) is 6.42 Å². The van der Waals surface area contributed by atoms with Gasteiger partial charge in [-0.15, -0.1) is 0 Å². The molecule has 3 heteroatoms. The quantitative estimate of drug-likeness (QED) is 0.620. The lowest BCUT2D eigenvalue weighted by molar-refractivity contribution is -0.137. The molecule has 0 aliphatic rings. The van der Waals surface area contributed by atoms with Crippen LogP contribution in [0.3, 0.4) is 0 Å². The lowest BCUT2D eigenvalue weighted by Crippen LogP contribution is -2.07. The maximum atomic E-state index is 12.5. The van der Waals surface area contributed by atoms with E-state index in [1.165, 1.54) is 12.1 Å². The second kappa shape index (κ2) is 4.88. The molecule has 0 saturated carbocycles. The highest BCUT2D eigenvalue weighted by atomic mass is 19.4. The minimum Gasteiger partial charge on any atom is -0.166 e. The third-order valence-corrected chi connectivity index (χ3v) is 1.83. The Balaban J connectivity index is 3.04. The van der Waals surface area contributed by atoms with Crippen LogP contribution in [0.2, 0.25) is 0 Å². The van der Waals surface area contributed by atoms with Crippen molar-refractivity contribution in [2.24, 2.45) is 0 Å². The first-order chi connectivity index (χ1) is 7.05. The van der Waals surface area contributed by atoms with Crippen LogP contribution in [-0.4, -0.2) is 0 Å². The number of benzene rings is 1. The summed E-state index contributed by atoms with van der Waals surface area (Å²) in [7, 11) is 0. The van der Waals surface area contributed by atoms with Gasteiger partial charge >= 0.3 is 6.18 Å². The zero-order valence-electron chi connectivity index (χ0n) is 8.36. The highest BCUT2D eigenvalue weighted by Gasteiger charge is 2.32. The van der Waals surface area contributed by atoms with Crippen molar-refractivity contribution in [3.8, 4) is 11.8 Å². The second-order valence-corrected chi connectivity index (χ2v) is 3.10. The van der Waals surface area contributed by atoms with Gasteiger partial charge in [0.05, 0.1) is 5.56 Å². The minimum absolute atomic E-state index is 0.0541. The topological polar surface area (TPSA) is 0 Å². The summed E-state index contributed by atoms with van der Waals surface area (Å²) in [4.78, 5) is 0. The molecule has 0 N–H and O–H groups in total. The minimum atomic E-state index is -4.32. The second-order valence-electron chi connectivity index (χ2n) is 3.10. The van der Waals surface area contributed by atoms with Crippen molar-refractivity contribution < 1.29 is 13.2 Å². The van der Waals surface area contributed by atoms with Crippen LogP contribution < -0.4 is 0 Å². The zero-order chi connectivity index (χ0) is 11.3. The lowest BCUT2D eigenvalue weighted by Gasteiger charge is -2.07. The molecule has 0 aliphatic carbocycles. The average Bonchev–Trinajstić information content (AvgIpc) is 2.17. The van der Waals surface area contributed by atoms with E-state index < -0.39 is 11.7 Å². The van der Waals surface area contributed by atoms with Crippen LogP contribution in [0.25, 0.3) is 0 Å². The summed E-state index contributed by atoms with van der Waals surface area (Å²) in [5, 5.41) is 0. The first kappa shape index (κ1) is 11.6. The van der Waals surface area contributed by atoms with Crippen molar-refractivity contribution in [3.05, 3.63) is 35.4 Å². The summed E-state index contributed by atoms with van der Waals surface area (Å²) >= 11 is 0. The van der Waals surface area contributed by atoms with Gasteiger partial charge in [0.2, 0.25) is 0 Å². The summed E-state index contributed by atoms with van der Waals surface area (Å²) in [6.07, 6.45) is -2.86. The predicted molar refractivity (Wildman–Crippen MR) is 53.2 cm³/mol. The van der Waals surface area contributed by atoms with Gasteiger partial charge in [-0.3, -0.25) is 0 Å². The molecule has 0 amide bonds. The lowest BCUT2D eigenvalue weighted by atomic mass is 10.1. The van der Waals surface area contributed by atoms with E-state index in [9.17, 15) is 13.2 Å². The normalized spacial score (nSPS) is 10.7. The highest BCUT2D eigenvalue weighted by Crippen LogP contribution is 2.31. The van der Waals surface area contributed by atoms with Gasteiger partial charge in [-0.1, -0.05) is 30.9 Å². The Bertz CT molecular complexity index is 380. The molecule has 0 saturated heterocycles. The molecule has 15 heavy (non-hydrogen) atoms. The van der Waals surface area contributed by atoms with Gasteiger partial charge in [-0.05, 0) is 18.6 Å². The summed E-state index contributed by atoms with van der Waals surface area (Å²) in [6, 6.07) is 5.38. The van der Waals surface area contributed by atoms with Crippen LogP contribution >= 0.6 is 0 Å². The fourth-order valence-corrected chi connectivity index (χ4v) is 1.12. The number of hydrogen-bond donors (Lipinski definition) is 0. The van der Waals surface area contributed by atoms with Gasteiger partial charge in [0, 0.05) is 12.0 Å². The largest absolute Gasteiger partial charge is 0.417 e. The van der Waals surface area contributed by atoms with E-state index in [1.54, 1.807) is 6.07 Å². The van der Waals surface area contributed by atoms with Crippen LogP contribution in [0.4, 0.5) is 13.2 Å². The van der Waals surface area contributed by atoms with Gasteiger partial charge in [0.1, 0.15) is 0 Å². The third kappa shape index (κ3) is 3.32. The standard InChI is InChI=1S/C12H11F3/c1-2-3-4-7-10-8-5-6-9-11(10)12(13,14)15/h5-6,8-9H,2-3H2,1H3. The first-order valence-corrected chi connectivity index (χ1v) is 4.70. The maximum Gasteiger partial charge on any atom is 0.417 e. The molecule has 1 aromatic carbocycles. The molecular formula is C12H11F3. The Morgan fingerprint density at radius 3 is 2.47 bits per heavy atom. The van der Waals surface area contributed by atoms with Crippen LogP contribution in [0.1, 0.15) is 30.9 Å². The maximum absolute atomic E-state index is 12.5. The SMILES string of the molecule is CCCC#Cc1ccccc1C(F)(F)F. The van der Waals surface area contributed by atoms with Crippen molar-refractivity contribution in [1.82, 2.24) is 0 Å². The third-order valence-electron chi connectivity index (χ3n) is 1.83. The molecule has 0 atom stereocenters. The van der Waals surface area contributed by atoms with Crippen molar-refractivity contribution in [2.75, 3.05) is 0 Å². The van der Waals surface area contributed by atoms with Crippen molar-refractivity contribution in [2.45, 2.75) is 25.9 Å². The van der Waals surface area contributed by atoms with Crippen LogP contribution in [0.5, 0.6) is 0 Å². The van der Waals surface area contributed by atoms with Crippen molar-refractivity contribution >= 4 is 0 Å². The zero-order valence-corrected chi connectivity index (χ0v) is 8.36. The van der Waals surface area contributed by atoms with Gasteiger partial charge < -0.3 is 0 Å². The molecule has 0 bridgehead atoms. The molecule has 0 spiro atoms. The van der Waals surface area contributed by atoms with E-state index >= 15 is 0 Å². The Kier molecular flexibility index (Phi) is 3.79. The number of rotatable bonds is 1. The van der Waals surface area contributed by atoms with Gasteiger partial charge in [-0.25, -0.2) is 0 Å². The van der Waals surface area contributed by atoms with Crippen LogP contribution in [0.15, 0.2) is 24.3 Å². The van der Waals surface area contributed by atoms with Gasteiger partial charge in [0.25, 0.3) is 0 Å². The highest BCUT2D eigenvalue weighted by molar-refractivity contribution is 5.42. The van der Waals surface area contributed by atoms with Crippen LogP contribution in [0, 0.1) is 11.8 Å². The van der Waals surface area contributed by atoms with Crippen molar-refractivity contribution in [1.29, 1.82) is 0 Å². The fourth-order valence-electron chi connectivity index (χ4n) is 1.12. The smallest absolute Gasteiger partial charge is 0.166 e. The molecule has 0 fully saturated rings. The van der Waals surface area contributed by atoms with E-state index in [4.69, 9.17) is 0 Å². The monoisotopic (exact) mass is 212 g/mol. The molecule has 80 valence electrons. The molecule has 1 aromatic rings. The Hall–Kier alpha value is -1.43. The summed E-state index contributed by atoms with van der Waals surface area (Å²) in [6.45, 7) is 1.93. The Morgan fingerprint density at radius 1 is 1.20 bits per heavy atom.